The van der Waals surface area contributed by atoms with Gasteiger partial charge in [-0.05, 0) is 43.2 Å². The molecule has 170 valence electrons. The lowest BCUT2D eigenvalue weighted by atomic mass is 10.1. The predicted molar refractivity (Wildman–Crippen MR) is 131 cm³/mol. The molecule has 0 aliphatic heterocycles. The fourth-order valence-electron chi connectivity index (χ4n) is 3.97. The number of aromatic nitrogens is 4. The van der Waals surface area contributed by atoms with Crippen molar-refractivity contribution in [1.29, 1.82) is 0 Å². The lowest BCUT2D eigenvalue weighted by molar-refractivity contribution is 0.102. The van der Waals surface area contributed by atoms with Crippen molar-refractivity contribution in [3.8, 4) is 11.3 Å². The minimum atomic E-state index is -0.381. The molecule has 0 radical (unpaired) electrons. The third kappa shape index (κ3) is 3.95. The fraction of sp³-hybridized carbons (Fsp3) is 0.115. The number of carbonyl (C=O) groups is 1. The molecule has 0 atom stereocenters. The van der Waals surface area contributed by atoms with Gasteiger partial charge in [-0.2, -0.15) is 5.10 Å². The second-order valence-corrected chi connectivity index (χ2v) is 8.41. The van der Waals surface area contributed by atoms with Gasteiger partial charge in [-0.3, -0.25) is 9.20 Å². The molecule has 0 fully saturated rings. The summed E-state index contributed by atoms with van der Waals surface area (Å²) in [6.07, 6.45) is 1.86. The average molecular weight is 474 g/mol. The van der Waals surface area contributed by atoms with E-state index in [4.69, 9.17) is 16.6 Å². The summed E-state index contributed by atoms with van der Waals surface area (Å²) in [6, 6.07) is 19.7. The zero-order valence-corrected chi connectivity index (χ0v) is 19.3. The SMILES string of the molecule is Cc1nn(Cc2ccc(F)cc2)c(Cl)c1C(=O)Nc1c(-c2ccccc2)nc2c(C)cccn12. The zero-order valence-electron chi connectivity index (χ0n) is 18.6. The number of anilines is 1. The molecule has 8 heteroatoms. The fourth-order valence-corrected chi connectivity index (χ4v) is 4.29. The zero-order chi connectivity index (χ0) is 23.8. The number of carbonyl (C=O) groups excluding carboxylic acids is 1. The Morgan fingerprint density at radius 3 is 2.50 bits per heavy atom. The monoisotopic (exact) mass is 473 g/mol. The van der Waals surface area contributed by atoms with Gasteiger partial charge in [0.2, 0.25) is 0 Å². The minimum Gasteiger partial charge on any atom is -0.306 e. The van der Waals surface area contributed by atoms with Crippen molar-refractivity contribution in [1.82, 2.24) is 19.2 Å². The molecule has 0 aliphatic rings. The van der Waals surface area contributed by atoms with Gasteiger partial charge in [-0.15, -0.1) is 0 Å². The smallest absolute Gasteiger partial charge is 0.261 e. The van der Waals surface area contributed by atoms with Crippen LogP contribution in [-0.4, -0.2) is 25.1 Å². The molecule has 1 amide bonds. The number of imidazole rings is 1. The van der Waals surface area contributed by atoms with Crippen LogP contribution in [0.4, 0.5) is 10.2 Å². The highest BCUT2D eigenvalue weighted by molar-refractivity contribution is 6.33. The molecule has 0 saturated heterocycles. The maximum absolute atomic E-state index is 13.4. The summed E-state index contributed by atoms with van der Waals surface area (Å²) in [6.45, 7) is 4.03. The molecular formula is C26H21ClFN5O. The summed E-state index contributed by atoms with van der Waals surface area (Å²) in [5.41, 5.74) is 4.89. The van der Waals surface area contributed by atoms with Gasteiger partial charge in [0.25, 0.3) is 5.91 Å². The summed E-state index contributed by atoms with van der Waals surface area (Å²) < 4.78 is 16.6. The Hall–Kier alpha value is -3.97. The van der Waals surface area contributed by atoms with Gasteiger partial charge in [0.05, 0.1) is 17.8 Å². The van der Waals surface area contributed by atoms with E-state index in [9.17, 15) is 9.18 Å². The molecule has 0 aliphatic carbocycles. The Balaban J connectivity index is 1.53. The Kier molecular flexibility index (Phi) is 5.63. The molecule has 3 aromatic heterocycles. The molecule has 6 nitrogen and oxygen atoms in total. The van der Waals surface area contributed by atoms with Crippen LogP contribution in [0.25, 0.3) is 16.9 Å². The van der Waals surface area contributed by atoms with Crippen LogP contribution in [0.2, 0.25) is 5.15 Å². The first-order chi connectivity index (χ1) is 16.4. The number of fused-ring (bicyclic) bond motifs is 1. The maximum atomic E-state index is 13.4. The van der Waals surface area contributed by atoms with Crippen molar-refractivity contribution < 1.29 is 9.18 Å². The minimum absolute atomic E-state index is 0.214. The normalized spacial score (nSPS) is 11.2. The number of benzene rings is 2. The van der Waals surface area contributed by atoms with Crippen molar-refractivity contribution in [2.24, 2.45) is 0 Å². The molecule has 0 unspecified atom stereocenters. The van der Waals surface area contributed by atoms with Crippen molar-refractivity contribution in [2.75, 3.05) is 5.32 Å². The van der Waals surface area contributed by atoms with E-state index in [-0.39, 0.29) is 22.4 Å². The van der Waals surface area contributed by atoms with Crippen molar-refractivity contribution in [3.05, 3.63) is 106 Å². The summed E-state index contributed by atoms with van der Waals surface area (Å²) in [5, 5.41) is 7.67. The first-order valence-corrected chi connectivity index (χ1v) is 11.1. The molecule has 0 spiro atoms. The standard InChI is InChI=1S/C26H21ClFN5O/c1-16-7-6-14-32-24(16)29-22(19-8-4-3-5-9-19)25(32)30-26(34)21-17(2)31-33(23(21)27)15-18-10-12-20(28)13-11-18/h3-14H,15H2,1-2H3,(H,30,34). The molecule has 0 saturated carbocycles. The number of nitrogens with one attached hydrogen (secondary N) is 1. The second kappa shape index (κ2) is 8.76. The van der Waals surface area contributed by atoms with Gasteiger partial charge in [0, 0.05) is 11.8 Å². The Morgan fingerprint density at radius 2 is 1.76 bits per heavy atom. The molecule has 0 bridgehead atoms. The second-order valence-electron chi connectivity index (χ2n) is 8.05. The van der Waals surface area contributed by atoms with E-state index >= 15 is 0 Å². The van der Waals surface area contributed by atoms with Gasteiger partial charge < -0.3 is 5.32 Å². The highest BCUT2D eigenvalue weighted by atomic mass is 35.5. The Morgan fingerprint density at radius 1 is 1.03 bits per heavy atom. The van der Waals surface area contributed by atoms with Crippen LogP contribution < -0.4 is 5.32 Å². The maximum Gasteiger partial charge on any atom is 0.261 e. The van der Waals surface area contributed by atoms with Crippen LogP contribution in [-0.2, 0) is 6.54 Å². The summed E-state index contributed by atoms with van der Waals surface area (Å²) in [4.78, 5) is 18.2. The Labute approximate surface area is 200 Å². The molecular weight excluding hydrogens is 453 g/mol. The third-order valence-corrected chi connectivity index (χ3v) is 6.05. The van der Waals surface area contributed by atoms with Crippen LogP contribution in [0, 0.1) is 19.7 Å². The number of hydrogen-bond acceptors (Lipinski definition) is 3. The number of nitrogens with zero attached hydrogens (tertiary/aromatic N) is 4. The first-order valence-electron chi connectivity index (χ1n) is 10.7. The summed E-state index contributed by atoms with van der Waals surface area (Å²) in [7, 11) is 0. The largest absolute Gasteiger partial charge is 0.306 e. The number of pyridine rings is 1. The van der Waals surface area contributed by atoms with Crippen LogP contribution in [0.1, 0.15) is 27.2 Å². The number of rotatable bonds is 5. The lowest BCUT2D eigenvalue weighted by Crippen LogP contribution is -2.15. The van der Waals surface area contributed by atoms with E-state index in [0.717, 1.165) is 22.3 Å². The van der Waals surface area contributed by atoms with Crippen LogP contribution in [0.15, 0.2) is 72.9 Å². The molecule has 2 aromatic carbocycles. The van der Waals surface area contributed by atoms with E-state index in [1.807, 2.05) is 60.0 Å². The van der Waals surface area contributed by atoms with E-state index in [1.54, 1.807) is 19.1 Å². The predicted octanol–water partition coefficient (Wildman–Crippen LogP) is 5.91. The Bertz CT molecular complexity index is 1510. The van der Waals surface area contributed by atoms with Gasteiger partial charge in [-0.1, -0.05) is 60.1 Å². The molecule has 5 aromatic rings. The molecule has 5 rings (SSSR count). The highest BCUT2D eigenvalue weighted by Crippen LogP contribution is 2.31. The number of aryl methyl sites for hydroxylation is 2. The van der Waals surface area contributed by atoms with E-state index in [1.165, 1.54) is 16.8 Å². The van der Waals surface area contributed by atoms with E-state index in [2.05, 4.69) is 10.4 Å². The van der Waals surface area contributed by atoms with Crippen molar-refractivity contribution >= 4 is 29.0 Å². The highest BCUT2D eigenvalue weighted by Gasteiger charge is 2.24. The van der Waals surface area contributed by atoms with Gasteiger partial charge in [0.1, 0.15) is 28.1 Å². The number of halogens is 2. The van der Waals surface area contributed by atoms with Crippen molar-refractivity contribution in [2.45, 2.75) is 20.4 Å². The van der Waals surface area contributed by atoms with E-state index in [0.29, 0.717) is 23.8 Å². The summed E-state index contributed by atoms with van der Waals surface area (Å²) >= 11 is 6.59. The molecule has 1 N–H and O–H groups in total. The van der Waals surface area contributed by atoms with Crippen molar-refractivity contribution in [3.63, 3.8) is 0 Å². The first kappa shape index (κ1) is 21.9. The van der Waals surface area contributed by atoms with E-state index < -0.39 is 0 Å². The number of amides is 1. The third-order valence-electron chi connectivity index (χ3n) is 5.66. The van der Waals surface area contributed by atoms with Gasteiger partial charge in [0.15, 0.2) is 0 Å². The molecule has 34 heavy (non-hydrogen) atoms. The van der Waals surface area contributed by atoms with Crippen LogP contribution in [0.3, 0.4) is 0 Å². The molecule has 3 heterocycles. The lowest BCUT2D eigenvalue weighted by Gasteiger charge is -2.09. The number of hydrogen-bond donors (Lipinski definition) is 1. The van der Waals surface area contributed by atoms with Gasteiger partial charge >= 0.3 is 0 Å². The van der Waals surface area contributed by atoms with Crippen LogP contribution >= 0.6 is 11.6 Å². The summed E-state index contributed by atoms with van der Waals surface area (Å²) in [5.74, 6) is -0.144. The quantitative estimate of drug-likeness (QED) is 0.345. The average Bonchev–Trinajstić information content (AvgIpc) is 3.33. The van der Waals surface area contributed by atoms with Gasteiger partial charge in [-0.25, -0.2) is 14.1 Å². The topological polar surface area (TPSA) is 64.2 Å². The van der Waals surface area contributed by atoms with Crippen LogP contribution in [0.5, 0.6) is 0 Å².